The molecule has 1 N–H and O–H groups in total. The summed E-state index contributed by atoms with van der Waals surface area (Å²) in [6.45, 7) is 8.41. The molecule has 3 nitrogen and oxygen atoms in total. The van der Waals surface area contributed by atoms with Gasteiger partial charge in [0.15, 0.2) is 0 Å². The van der Waals surface area contributed by atoms with Crippen LogP contribution in [0.15, 0.2) is 12.7 Å². The molecule has 0 saturated carbocycles. The molecule has 1 amide bonds. The van der Waals surface area contributed by atoms with Gasteiger partial charge in [-0.2, -0.15) is 0 Å². The first-order valence-electron chi connectivity index (χ1n) is 4.93. The maximum Gasteiger partial charge on any atom is 0.246 e. The number of rotatable bonds is 4. The summed E-state index contributed by atoms with van der Waals surface area (Å²) >= 11 is 0. The molecule has 13 heavy (non-hydrogen) atoms. The van der Waals surface area contributed by atoms with Gasteiger partial charge in [-0.15, -0.1) is 0 Å². The highest BCUT2D eigenvalue weighted by molar-refractivity contribution is 5.87. The fourth-order valence-electron chi connectivity index (χ4n) is 1.74. The van der Waals surface area contributed by atoms with Crippen LogP contribution in [-0.4, -0.2) is 36.5 Å². The molecular formula is C10H18N2O. The van der Waals surface area contributed by atoms with Gasteiger partial charge >= 0.3 is 0 Å². The molecule has 1 aliphatic heterocycles. The third-order valence-electron chi connectivity index (χ3n) is 2.40. The fourth-order valence-corrected chi connectivity index (χ4v) is 1.74. The lowest BCUT2D eigenvalue weighted by Crippen LogP contribution is -2.41. The van der Waals surface area contributed by atoms with E-state index in [1.54, 1.807) is 0 Å². The highest BCUT2D eigenvalue weighted by Gasteiger charge is 2.23. The number of carbonyl (C=O) groups is 1. The standard InChI is InChI=1S/C10H18N2O/c1-3-7-12(10(13)4-2)9-5-6-11-8-9/h4,9,11H,2-3,5-8H2,1H3. The number of amides is 1. The summed E-state index contributed by atoms with van der Waals surface area (Å²) in [5.41, 5.74) is 0. The van der Waals surface area contributed by atoms with E-state index < -0.39 is 0 Å². The fraction of sp³-hybridized carbons (Fsp3) is 0.700. The predicted octanol–water partition coefficient (Wildman–Crippen LogP) is 0.773. The zero-order valence-electron chi connectivity index (χ0n) is 8.25. The summed E-state index contributed by atoms with van der Waals surface area (Å²) in [5.74, 6) is 0.0653. The first-order chi connectivity index (χ1) is 6.29. The average Bonchev–Trinajstić information content (AvgIpc) is 2.65. The summed E-state index contributed by atoms with van der Waals surface area (Å²) in [4.78, 5) is 13.4. The molecule has 1 heterocycles. The van der Waals surface area contributed by atoms with Crippen LogP contribution < -0.4 is 5.32 Å². The van der Waals surface area contributed by atoms with Crippen LogP contribution in [0.4, 0.5) is 0 Å². The smallest absolute Gasteiger partial charge is 0.246 e. The molecular weight excluding hydrogens is 164 g/mol. The molecule has 1 unspecified atom stereocenters. The van der Waals surface area contributed by atoms with Crippen LogP contribution in [0.3, 0.4) is 0 Å². The molecule has 1 rings (SSSR count). The van der Waals surface area contributed by atoms with Crippen LogP contribution >= 0.6 is 0 Å². The number of carbonyl (C=O) groups excluding carboxylic acids is 1. The minimum atomic E-state index is 0.0653. The van der Waals surface area contributed by atoms with Crippen LogP contribution in [0, 0.1) is 0 Å². The minimum absolute atomic E-state index is 0.0653. The van der Waals surface area contributed by atoms with Gasteiger partial charge in [0, 0.05) is 19.1 Å². The Morgan fingerprint density at radius 2 is 2.54 bits per heavy atom. The second kappa shape index (κ2) is 5.02. The molecule has 1 saturated heterocycles. The monoisotopic (exact) mass is 182 g/mol. The Balaban J connectivity index is 2.54. The van der Waals surface area contributed by atoms with Gasteiger partial charge in [-0.1, -0.05) is 13.5 Å². The molecule has 3 heteroatoms. The lowest BCUT2D eigenvalue weighted by Gasteiger charge is -2.26. The topological polar surface area (TPSA) is 32.3 Å². The van der Waals surface area contributed by atoms with Crippen molar-refractivity contribution in [2.45, 2.75) is 25.8 Å². The van der Waals surface area contributed by atoms with Crippen molar-refractivity contribution in [3.05, 3.63) is 12.7 Å². The second-order valence-corrected chi connectivity index (χ2v) is 3.38. The van der Waals surface area contributed by atoms with Crippen molar-refractivity contribution in [1.29, 1.82) is 0 Å². The maximum atomic E-state index is 11.5. The predicted molar refractivity (Wildman–Crippen MR) is 53.5 cm³/mol. The Bertz CT molecular complexity index is 185. The van der Waals surface area contributed by atoms with E-state index in [1.165, 1.54) is 6.08 Å². The van der Waals surface area contributed by atoms with Crippen molar-refractivity contribution in [1.82, 2.24) is 10.2 Å². The van der Waals surface area contributed by atoms with Gasteiger partial charge in [0.1, 0.15) is 0 Å². The van der Waals surface area contributed by atoms with Crippen LogP contribution in [0.1, 0.15) is 19.8 Å². The number of hydrogen-bond donors (Lipinski definition) is 1. The molecule has 1 aliphatic rings. The molecule has 1 fully saturated rings. The molecule has 0 spiro atoms. The van der Waals surface area contributed by atoms with Crippen molar-refractivity contribution in [3.8, 4) is 0 Å². The summed E-state index contributed by atoms with van der Waals surface area (Å²) in [6, 6.07) is 0.380. The van der Waals surface area contributed by atoms with Gasteiger partial charge in [0.2, 0.25) is 5.91 Å². The zero-order valence-corrected chi connectivity index (χ0v) is 8.25. The lowest BCUT2D eigenvalue weighted by molar-refractivity contribution is -0.127. The van der Waals surface area contributed by atoms with Gasteiger partial charge in [-0.3, -0.25) is 4.79 Å². The highest BCUT2D eigenvalue weighted by atomic mass is 16.2. The molecule has 1 atom stereocenters. The van der Waals surface area contributed by atoms with E-state index in [9.17, 15) is 4.79 Å². The van der Waals surface area contributed by atoms with Gasteiger partial charge in [-0.25, -0.2) is 0 Å². The Kier molecular flexibility index (Phi) is 3.96. The summed E-state index contributed by atoms with van der Waals surface area (Å²) in [7, 11) is 0. The van der Waals surface area contributed by atoms with E-state index in [4.69, 9.17) is 0 Å². The second-order valence-electron chi connectivity index (χ2n) is 3.38. The zero-order chi connectivity index (χ0) is 9.68. The van der Waals surface area contributed by atoms with Crippen molar-refractivity contribution in [2.75, 3.05) is 19.6 Å². The Hall–Kier alpha value is -0.830. The highest BCUT2D eigenvalue weighted by Crippen LogP contribution is 2.09. The molecule has 0 aromatic carbocycles. The van der Waals surface area contributed by atoms with E-state index in [1.807, 2.05) is 4.90 Å². The van der Waals surface area contributed by atoms with E-state index >= 15 is 0 Å². The number of hydrogen-bond acceptors (Lipinski definition) is 2. The molecule has 0 aromatic rings. The van der Waals surface area contributed by atoms with E-state index in [0.717, 1.165) is 32.5 Å². The maximum absolute atomic E-state index is 11.5. The molecule has 0 bridgehead atoms. The van der Waals surface area contributed by atoms with Gasteiger partial charge in [-0.05, 0) is 25.5 Å². The van der Waals surface area contributed by atoms with Crippen molar-refractivity contribution >= 4 is 5.91 Å². The van der Waals surface area contributed by atoms with E-state index in [-0.39, 0.29) is 5.91 Å². The summed E-state index contributed by atoms with van der Waals surface area (Å²) in [6.07, 6.45) is 3.49. The SMILES string of the molecule is C=CC(=O)N(CCC)C1CCNC1. The van der Waals surface area contributed by atoms with Gasteiger partial charge in [0.25, 0.3) is 0 Å². The van der Waals surface area contributed by atoms with Crippen molar-refractivity contribution < 1.29 is 4.79 Å². The number of nitrogens with zero attached hydrogens (tertiary/aromatic N) is 1. The normalized spacial score (nSPS) is 21.5. The quantitative estimate of drug-likeness (QED) is 0.651. The third kappa shape index (κ3) is 2.56. The van der Waals surface area contributed by atoms with Crippen LogP contribution in [0.2, 0.25) is 0 Å². The number of nitrogens with one attached hydrogen (secondary N) is 1. The molecule has 0 aromatic heterocycles. The molecule has 74 valence electrons. The van der Waals surface area contributed by atoms with Crippen LogP contribution in [0.5, 0.6) is 0 Å². The Labute approximate surface area is 79.8 Å². The van der Waals surface area contributed by atoms with Crippen LogP contribution in [0.25, 0.3) is 0 Å². The Morgan fingerprint density at radius 1 is 1.77 bits per heavy atom. The lowest BCUT2D eigenvalue weighted by atomic mass is 10.2. The molecule has 0 radical (unpaired) electrons. The van der Waals surface area contributed by atoms with E-state index in [2.05, 4.69) is 18.8 Å². The average molecular weight is 182 g/mol. The minimum Gasteiger partial charge on any atom is -0.335 e. The van der Waals surface area contributed by atoms with Crippen molar-refractivity contribution in [3.63, 3.8) is 0 Å². The van der Waals surface area contributed by atoms with Crippen LogP contribution in [-0.2, 0) is 4.79 Å². The summed E-state index contributed by atoms with van der Waals surface area (Å²) in [5, 5.41) is 3.26. The van der Waals surface area contributed by atoms with E-state index in [0.29, 0.717) is 6.04 Å². The first kappa shape index (κ1) is 10.3. The Morgan fingerprint density at radius 3 is 3.00 bits per heavy atom. The largest absolute Gasteiger partial charge is 0.335 e. The van der Waals surface area contributed by atoms with Gasteiger partial charge < -0.3 is 10.2 Å². The summed E-state index contributed by atoms with van der Waals surface area (Å²) < 4.78 is 0. The molecule has 0 aliphatic carbocycles. The van der Waals surface area contributed by atoms with Gasteiger partial charge in [0.05, 0.1) is 0 Å². The first-order valence-corrected chi connectivity index (χ1v) is 4.93. The third-order valence-corrected chi connectivity index (χ3v) is 2.40. The van der Waals surface area contributed by atoms with Crippen molar-refractivity contribution in [2.24, 2.45) is 0 Å².